The van der Waals surface area contributed by atoms with Gasteiger partial charge in [0.1, 0.15) is 5.82 Å². The van der Waals surface area contributed by atoms with Crippen LogP contribution < -0.4 is 11.2 Å². The minimum absolute atomic E-state index is 0.0882. The first-order valence-corrected chi connectivity index (χ1v) is 9.57. The Morgan fingerprint density at radius 2 is 1.86 bits per heavy atom. The Hall–Kier alpha value is -3.06. The van der Waals surface area contributed by atoms with Gasteiger partial charge in [-0.05, 0) is 67.6 Å². The zero-order chi connectivity index (χ0) is 20.7. The maximum absolute atomic E-state index is 13.4. The second-order valence-electron chi connectivity index (χ2n) is 7.08. The number of aryl methyl sites for hydroxylation is 4. The molecule has 0 spiro atoms. The first-order chi connectivity index (χ1) is 13.8. The molecule has 0 radical (unpaired) electrons. The van der Waals surface area contributed by atoms with Gasteiger partial charge in [0.2, 0.25) is 0 Å². The molecule has 0 saturated carbocycles. The van der Waals surface area contributed by atoms with Gasteiger partial charge in [-0.25, -0.2) is 14.2 Å². The van der Waals surface area contributed by atoms with Crippen molar-refractivity contribution in [3.8, 4) is 11.5 Å². The van der Waals surface area contributed by atoms with Gasteiger partial charge in [0.05, 0.1) is 16.1 Å². The van der Waals surface area contributed by atoms with Crippen molar-refractivity contribution in [3.05, 3.63) is 78.7 Å². The minimum atomic E-state index is -0.702. The second kappa shape index (κ2) is 7.40. The zero-order valence-electron chi connectivity index (χ0n) is 15.9. The van der Waals surface area contributed by atoms with E-state index in [1.54, 1.807) is 12.1 Å². The highest BCUT2D eigenvalue weighted by Gasteiger charge is 2.19. The fourth-order valence-electron chi connectivity index (χ4n) is 3.41. The lowest BCUT2D eigenvalue weighted by atomic mass is 10.1. The van der Waals surface area contributed by atoms with Crippen LogP contribution in [0.25, 0.3) is 22.6 Å². The van der Waals surface area contributed by atoms with Crippen LogP contribution in [0.1, 0.15) is 23.1 Å². The Bertz CT molecular complexity index is 1330. The van der Waals surface area contributed by atoms with Crippen LogP contribution in [0.15, 0.2) is 39.9 Å². The van der Waals surface area contributed by atoms with Gasteiger partial charge in [0.25, 0.3) is 5.56 Å². The Morgan fingerprint density at radius 1 is 1.10 bits per heavy atom. The monoisotopic (exact) mass is 412 g/mol. The van der Waals surface area contributed by atoms with Crippen molar-refractivity contribution in [3.63, 3.8) is 0 Å². The summed E-state index contributed by atoms with van der Waals surface area (Å²) < 4.78 is 15.2. The molecule has 0 aliphatic carbocycles. The molecule has 0 amide bonds. The summed E-state index contributed by atoms with van der Waals surface area (Å²) in [7, 11) is 0. The number of hydrogen-bond donors (Lipinski definition) is 1. The van der Waals surface area contributed by atoms with Gasteiger partial charge in [-0.15, -0.1) is 0 Å². The van der Waals surface area contributed by atoms with Gasteiger partial charge in [-0.3, -0.25) is 9.78 Å². The largest absolute Gasteiger partial charge is 0.349 e. The highest BCUT2D eigenvalue weighted by Crippen LogP contribution is 2.24. The lowest BCUT2D eigenvalue weighted by molar-refractivity contribution is 0.624. The molecule has 2 heterocycles. The molecule has 0 fully saturated rings. The van der Waals surface area contributed by atoms with E-state index in [0.717, 1.165) is 22.2 Å². The molecule has 148 valence electrons. The predicted molar refractivity (Wildman–Crippen MR) is 110 cm³/mol. The lowest BCUT2D eigenvalue weighted by Gasteiger charge is -2.17. The van der Waals surface area contributed by atoms with Crippen molar-refractivity contribution in [2.75, 3.05) is 0 Å². The zero-order valence-corrected chi connectivity index (χ0v) is 16.7. The second-order valence-corrected chi connectivity index (χ2v) is 7.49. The van der Waals surface area contributed by atoms with Crippen molar-refractivity contribution in [2.45, 2.75) is 33.2 Å². The number of fused-ring (bicyclic) bond motifs is 2. The Balaban J connectivity index is 1.79. The molecule has 0 aromatic heterocycles. The molecule has 1 N–H and O–H groups in total. The number of nitrogens with zero attached hydrogens (tertiary/aromatic N) is 3. The van der Waals surface area contributed by atoms with Gasteiger partial charge in [-0.2, -0.15) is 4.98 Å². The number of rotatable bonds is 4. The van der Waals surface area contributed by atoms with Crippen LogP contribution >= 0.6 is 11.6 Å². The molecule has 29 heavy (non-hydrogen) atoms. The van der Waals surface area contributed by atoms with Gasteiger partial charge in [-0.1, -0.05) is 17.7 Å². The van der Waals surface area contributed by atoms with E-state index in [-0.39, 0.29) is 16.5 Å². The van der Waals surface area contributed by atoms with Gasteiger partial charge < -0.3 is 4.57 Å². The number of H-pyrrole nitrogens is 1. The van der Waals surface area contributed by atoms with E-state index >= 15 is 0 Å². The van der Waals surface area contributed by atoms with Gasteiger partial charge in [0.15, 0.2) is 11.5 Å². The third-order valence-electron chi connectivity index (χ3n) is 5.06. The predicted octanol–water partition coefficient (Wildman–Crippen LogP) is 3.63. The average Bonchev–Trinajstić information content (AvgIpc) is 2.66. The van der Waals surface area contributed by atoms with E-state index in [9.17, 15) is 14.0 Å². The summed E-state index contributed by atoms with van der Waals surface area (Å²) in [4.78, 5) is 34.7. The molecule has 2 aliphatic rings. The fourth-order valence-corrected chi connectivity index (χ4v) is 3.62. The van der Waals surface area contributed by atoms with Crippen molar-refractivity contribution in [1.82, 2.24) is 19.5 Å². The maximum atomic E-state index is 13.4. The SMILES string of the molecule is Cc1cc2nc3c(=O)[nH]c(=O)nc-3n(CCCc3ccc(F)c(Cl)c3)c2cc1C. The van der Waals surface area contributed by atoms with Crippen molar-refractivity contribution in [1.29, 1.82) is 0 Å². The van der Waals surface area contributed by atoms with E-state index < -0.39 is 17.1 Å². The van der Waals surface area contributed by atoms with E-state index in [2.05, 4.69) is 15.0 Å². The molecule has 0 saturated heterocycles. The van der Waals surface area contributed by atoms with Crippen LogP contribution in [0.2, 0.25) is 5.02 Å². The summed E-state index contributed by atoms with van der Waals surface area (Å²) in [5.41, 5.74) is 3.37. The normalized spacial score (nSPS) is 11.4. The van der Waals surface area contributed by atoms with Gasteiger partial charge >= 0.3 is 5.69 Å². The van der Waals surface area contributed by atoms with Crippen LogP contribution in [0, 0.1) is 19.7 Å². The van der Waals surface area contributed by atoms with Crippen molar-refractivity contribution in [2.24, 2.45) is 0 Å². The molecular weight excluding hydrogens is 395 g/mol. The minimum Gasteiger partial charge on any atom is -0.322 e. The molecular formula is C21H18ClFN4O2. The molecule has 0 unspecified atom stereocenters. The summed E-state index contributed by atoms with van der Waals surface area (Å²) >= 11 is 5.86. The molecule has 2 aromatic carbocycles. The summed E-state index contributed by atoms with van der Waals surface area (Å²) in [6, 6.07) is 8.56. The smallest absolute Gasteiger partial charge is 0.322 e. The molecule has 6 nitrogen and oxygen atoms in total. The van der Waals surface area contributed by atoms with Crippen LogP contribution in [0.4, 0.5) is 4.39 Å². The van der Waals surface area contributed by atoms with Crippen molar-refractivity contribution >= 4 is 22.6 Å². The summed E-state index contributed by atoms with van der Waals surface area (Å²) in [6.45, 7) is 4.48. The molecule has 2 aromatic rings. The third kappa shape index (κ3) is 3.65. The van der Waals surface area contributed by atoms with E-state index in [1.807, 2.05) is 30.5 Å². The summed E-state index contributed by atoms with van der Waals surface area (Å²) in [6.07, 6.45) is 1.33. The topological polar surface area (TPSA) is 80.6 Å². The number of halogens is 2. The van der Waals surface area contributed by atoms with E-state index in [4.69, 9.17) is 11.6 Å². The quantitative estimate of drug-likeness (QED) is 0.519. The summed E-state index contributed by atoms with van der Waals surface area (Å²) in [5, 5.41) is 0.0882. The highest BCUT2D eigenvalue weighted by molar-refractivity contribution is 6.30. The Kier molecular flexibility index (Phi) is 4.92. The van der Waals surface area contributed by atoms with Crippen LogP contribution in [-0.4, -0.2) is 19.5 Å². The standard InChI is InChI=1S/C21H18ClFN4O2/c1-11-8-16-17(9-12(11)2)27(19-18(24-16)20(28)26-21(29)25-19)7-3-4-13-5-6-15(23)14(22)10-13/h5-6,8-10H,3-4,7H2,1-2H3,(H,26,28,29). The van der Waals surface area contributed by atoms with Crippen LogP contribution in [0.3, 0.4) is 0 Å². The molecule has 2 aliphatic heterocycles. The highest BCUT2D eigenvalue weighted by atomic mass is 35.5. The Labute approximate surface area is 170 Å². The van der Waals surface area contributed by atoms with Crippen molar-refractivity contribution < 1.29 is 4.39 Å². The number of aromatic amines is 1. The number of hydrogen-bond acceptors (Lipinski definition) is 4. The van der Waals surface area contributed by atoms with Crippen LogP contribution in [0.5, 0.6) is 0 Å². The number of aromatic nitrogens is 4. The molecule has 8 heteroatoms. The molecule has 0 bridgehead atoms. The first kappa shape index (κ1) is 19.3. The molecule has 0 atom stereocenters. The van der Waals surface area contributed by atoms with Crippen LogP contribution in [-0.2, 0) is 13.0 Å². The third-order valence-corrected chi connectivity index (χ3v) is 5.35. The fraction of sp³-hybridized carbons (Fsp3) is 0.238. The summed E-state index contributed by atoms with van der Waals surface area (Å²) in [5.74, 6) is -0.195. The maximum Gasteiger partial charge on any atom is 0.349 e. The van der Waals surface area contributed by atoms with Gasteiger partial charge in [0, 0.05) is 6.54 Å². The van der Waals surface area contributed by atoms with E-state index in [0.29, 0.717) is 24.9 Å². The average molecular weight is 413 g/mol. The van der Waals surface area contributed by atoms with E-state index in [1.165, 1.54) is 6.07 Å². The molecule has 4 rings (SSSR count). The number of benzene rings is 2. The number of nitrogens with one attached hydrogen (secondary N) is 1. The lowest BCUT2D eigenvalue weighted by Crippen LogP contribution is -2.29. The first-order valence-electron chi connectivity index (χ1n) is 9.19. The Morgan fingerprint density at radius 3 is 2.62 bits per heavy atom.